The molecule has 1 aromatic carbocycles. The van der Waals surface area contributed by atoms with Gasteiger partial charge in [0.1, 0.15) is 5.82 Å². The predicted octanol–water partition coefficient (Wildman–Crippen LogP) is 4.17. The molecule has 1 saturated carbocycles. The summed E-state index contributed by atoms with van der Waals surface area (Å²) in [5, 5.41) is 0. The van der Waals surface area contributed by atoms with Crippen LogP contribution in [0.3, 0.4) is 0 Å². The van der Waals surface area contributed by atoms with Crippen molar-refractivity contribution < 1.29 is 9.47 Å². The van der Waals surface area contributed by atoms with Gasteiger partial charge in [-0.25, -0.2) is 4.98 Å². The molecule has 0 spiro atoms. The van der Waals surface area contributed by atoms with E-state index in [4.69, 9.17) is 19.4 Å². The van der Waals surface area contributed by atoms with Gasteiger partial charge in [-0.15, -0.1) is 0 Å². The minimum absolute atomic E-state index is 0.0346. The van der Waals surface area contributed by atoms with Crippen LogP contribution in [0.25, 0.3) is 11.3 Å². The summed E-state index contributed by atoms with van der Waals surface area (Å²) in [4.78, 5) is 28.1. The van der Waals surface area contributed by atoms with Crippen molar-refractivity contribution in [3.05, 3.63) is 69.5 Å². The lowest BCUT2D eigenvalue weighted by Gasteiger charge is -2.28. The largest absolute Gasteiger partial charge is 0.454 e. The number of nitrogens with one attached hydrogen (secondary N) is 1. The van der Waals surface area contributed by atoms with Gasteiger partial charge >= 0.3 is 0 Å². The summed E-state index contributed by atoms with van der Waals surface area (Å²) >= 11 is 0. The standard InChI is InChI=1S/C26H28N4O3/c31-26-20-15-30(12-11-22(20)28-25(29-26)17-5-2-1-3-6-17)14-19-7-4-8-21(27-19)18-9-10-23-24(13-18)33-16-32-23/h4,7-10,13,17H,1-3,5-6,11-12,14-16H2,(H,28,29,31). The summed E-state index contributed by atoms with van der Waals surface area (Å²) in [7, 11) is 0. The van der Waals surface area contributed by atoms with Gasteiger partial charge in [-0.1, -0.05) is 25.3 Å². The Kier molecular flexibility index (Phi) is 5.34. The number of hydrogen-bond acceptors (Lipinski definition) is 6. The molecule has 4 heterocycles. The molecular weight excluding hydrogens is 416 g/mol. The molecule has 0 bridgehead atoms. The maximum atomic E-state index is 12.9. The maximum Gasteiger partial charge on any atom is 0.255 e. The van der Waals surface area contributed by atoms with Gasteiger partial charge in [-0.3, -0.25) is 14.7 Å². The minimum atomic E-state index is 0.0346. The number of pyridine rings is 1. The fourth-order valence-electron chi connectivity index (χ4n) is 5.22. The highest BCUT2D eigenvalue weighted by atomic mass is 16.7. The molecule has 1 N–H and O–H groups in total. The second-order valence-corrected chi connectivity index (χ2v) is 9.25. The molecule has 6 rings (SSSR count). The van der Waals surface area contributed by atoms with E-state index in [1.807, 2.05) is 36.4 Å². The van der Waals surface area contributed by atoms with Crippen LogP contribution in [0, 0.1) is 0 Å². The van der Waals surface area contributed by atoms with E-state index in [9.17, 15) is 4.79 Å². The number of H-pyrrole nitrogens is 1. The van der Waals surface area contributed by atoms with Crippen molar-refractivity contribution in [2.75, 3.05) is 13.3 Å². The third kappa shape index (κ3) is 4.13. The Bertz CT molecular complexity index is 1230. The molecular formula is C26H28N4O3. The number of rotatable bonds is 4. The van der Waals surface area contributed by atoms with Gasteiger partial charge in [0.25, 0.3) is 5.56 Å². The van der Waals surface area contributed by atoms with Crippen LogP contribution in [0.1, 0.15) is 60.8 Å². The van der Waals surface area contributed by atoms with Crippen LogP contribution in [0.15, 0.2) is 41.2 Å². The predicted molar refractivity (Wildman–Crippen MR) is 124 cm³/mol. The minimum Gasteiger partial charge on any atom is -0.454 e. The smallest absolute Gasteiger partial charge is 0.255 e. The lowest BCUT2D eigenvalue weighted by atomic mass is 9.88. The van der Waals surface area contributed by atoms with E-state index in [1.54, 1.807) is 0 Å². The van der Waals surface area contributed by atoms with Crippen molar-refractivity contribution in [2.24, 2.45) is 0 Å². The first-order valence-corrected chi connectivity index (χ1v) is 11.9. The number of nitrogens with zero attached hydrogens (tertiary/aromatic N) is 3. The van der Waals surface area contributed by atoms with Crippen molar-refractivity contribution in [3.63, 3.8) is 0 Å². The quantitative estimate of drug-likeness (QED) is 0.651. The zero-order chi connectivity index (χ0) is 22.2. The number of benzene rings is 1. The fraction of sp³-hybridized carbons (Fsp3) is 0.423. The third-order valence-corrected chi connectivity index (χ3v) is 7.02. The Morgan fingerprint density at radius 3 is 2.82 bits per heavy atom. The van der Waals surface area contributed by atoms with Gasteiger partial charge in [0, 0.05) is 37.5 Å². The molecule has 0 unspecified atom stereocenters. The van der Waals surface area contributed by atoms with E-state index in [0.717, 1.165) is 71.3 Å². The van der Waals surface area contributed by atoms with Crippen LogP contribution in [0.5, 0.6) is 11.5 Å². The van der Waals surface area contributed by atoms with E-state index in [2.05, 4.69) is 9.88 Å². The van der Waals surface area contributed by atoms with Crippen LogP contribution in [-0.4, -0.2) is 33.2 Å². The molecule has 0 saturated heterocycles. The summed E-state index contributed by atoms with van der Waals surface area (Å²) in [5.74, 6) is 2.85. The van der Waals surface area contributed by atoms with Crippen LogP contribution in [0.2, 0.25) is 0 Å². The van der Waals surface area contributed by atoms with Gasteiger partial charge in [0.05, 0.1) is 22.6 Å². The van der Waals surface area contributed by atoms with Crippen LogP contribution < -0.4 is 15.0 Å². The normalized spacial score (nSPS) is 18.3. The van der Waals surface area contributed by atoms with Gasteiger partial charge in [-0.2, -0.15) is 0 Å². The Balaban J connectivity index is 1.18. The molecule has 170 valence electrons. The molecule has 1 aliphatic carbocycles. The highest BCUT2D eigenvalue weighted by molar-refractivity contribution is 5.64. The average Bonchev–Trinajstić information content (AvgIpc) is 3.33. The lowest BCUT2D eigenvalue weighted by Crippen LogP contribution is -2.36. The first-order chi connectivity index (χ1) is 16.2. The van der Waals surface area contributed by atoms with Crippen molar-refractivity contribution in [1.82, 2.24) is 19.9 Å². The SMILES string of the molecule is O=c1[nH]c(C2CCCCC2)nc2c1CN(Cc1cccc(-c3ccc4c(c3)OCO4)n1)CC2. The van der Waals surface area contributed by atoms with Crippen molar-refractivity contribution in [2.45, 2.75) is 57.5 Å². The van der Waals surface area contributed by atoms with Gasteiger partial charge in [0.15, 0.2) is 11.5 Å². The number of hydrogen-bond donors (Lipinski definition) is 1. The van der Waals surface area contributed by atoms with E-state index in [1.165, 1.54) is 19.3 Å². The van der Waals surface area contributed by atoms with E-state index >= 15 is 0 Å². The van der Waals surface area contributed by atoms with E-state index < -0.39 is 0 Å². The van der Waals surface area contributed by atoms with Crippen LogP contribution >= 0.6 is 0 Å². The Morgan fingerprint density at radius 2 is 1.91 bits per heavy atom. The molecule has 2 aromatic heterocycles. The monoisotopic (exact) mass is 444 g/mol. The van der Waals surface area contributed by atoms with E-state index in [0.29, 0.717) is 19.0 Å². The molecule has 3 aliphatic rings. The number of aromatic amines is 1. The van der Waals surface area contributed by atoms with Gasteiger partial charge in [0.2, 0.25) is 6.79 Å². The molecule has 0 radical (unpaired) electrons. The fourth-order valence-corrected chi connectivity index (χ4v) is 5.22. The van der Waals surface area contributed by atoms with Crippen LogP contribution in [0.4, 0.5) is 0 Å². The number of ether oxygens (including phenoxy) is 2. The maximum absolute atomic E-state index is 12.9. The van der Waals surface area contributed by atoms with Gasteiger partial charge < -0.3 is 14.5 Å². The molecule has 3 aromatic rings. The Labute approximate surface area is 192 Å². The highest BCUT2D eigenvalue weighted by Crippen LogP contribution is 2.35. The summed E-state index contributed by atoms with van der Waals surface area (Å²) in [6.45, 7) is 2.45. The summed E-state index contributed by atoms with van der Waals surface area (Å²) in [6, 6.07) is 12.0. The van der Waals surface area contributed by atoms with Crippen molar-refractivity contribution >= 4 is 0 Å². The van der Waals surface area contributed by atoms with E-state index in [-0.39, 0.29) is 12.4 Å². The molecule has 7 heteroatoms. The highest BCUT2D eigenvalue weighted by Gasteiger charge is 2.25. The number of fused-ring (bicyclic) bond motifs is 2. The molecule has 0 atom stereocenters. The van der Waals surface area contributed by atoms with Crippen molar-refractivity contribution in [3.8, 4) is 22.8 Å². The molecule has 2 aliphatic heterocycles. The zero-order valence-electron chi connectivity index (χ0n) is 18.7. The molecule has 33 heavy (non-hydrogen) atoms. The zero-order valence-corrected chi connectivity index (χ0v) is 18.7. The summed E-state index contributed by atoms with van der Waals surface area (Å²) in [6.07, 6.45) is 6.85. The topological polar surface area (TPSA) is 80.3 Å². The molecule has 1 fully saturated rings. The Hall–Kier alpha value is -3.19. The molecule has 0 amide bonds. The number of aromatic nitrogens is 3. The average molecular weight is 445 g/mol. The first-order valence-electron chi connectivity index (χ1n) is 11.9. The lowest BCUT2D eigenvalue weighted by molar-refractivity contribution is 0.174. The molecule has 7 nitrogen and oxygen atoms in total. The summed E-state index contributed by atoms with van der Waals surface area (Å²) in [5.41, 5.74) is 4.72. The van der Waals surface area contributed by atoms with Crippen molar-refractivity contribution in [1.29, 1.82) is 0 Å². The van der Waals surface area contributed by atoms with Gasteiger partial charge in [-0.05, 0) is 43.2 Å². The van der Waals surface area contributed by atoms with Crippen LogP contribution in [-0.2, 0) is 19.5 Å². The first kappa shape index (κ1) is 20.4. The third-order valence-electron chi connectivity index (χ3n) is 7.02. The summed E-state index contributed by atoms with van der Waals surface area (Å²) < 4.78 is 10.9. The second-order valence-electron chi connectivity index (χ2n) is 9.25. The second kappa shape index (κ2) is 8.63. The Morgan fingerprint density at radius 1 is 1.03 bits per heavy atom.